The molecule has 0 radical (unpaired) electrons. The number of fused-ring (bicyclic) bond motifs is 2. The van der Waals surface area contributed by atoms with E-state index in [-0.39, 0.29) is 12.3 Å². The Morgan fingerprint density at radius 2 is 1.53 bits per heavy atom. The molecule has 0 saturated carbocycles. The fraction of sp³-hybridized carbons (Fsp3) is 0.370. The molecule has 1 aliphatic heterocycles. The van der Waals surface area contributed by atoms with Crippen LogP contribution in [0.5, 0.6) is 0 Å². The number of aryl methyl sites for hydroxylation is 1. The van der Waals surface area contributed by atoms with E-state index in [9.17, 15) is 0 Å². The molecule has 154 valence electrons. The summed E-state index contributed by atoms with van der Waals surface area (Å²) >= 11 is 0. The molecule has 4 rings (SSSR count). The highest BCUT2D eigenvalue weighted by molar-refractivity contribution is 6.81. The third-order valence-electron chi connectivity index (χ3n) is 6.65. The van der Waals surface area contributed by atoms with Crippen molar-refractivity contribution in [3.63, 3.8) is 0 Å². The van der Waals surface area contributed by atoms with E-state index in [0.717, 1.165) is 0 Å². The highest BCUT2D eigenvalue weighted by atomic mass is 15.2. The summed E-state index contributed by atoms with van der Waals surface area (Å²) in [6.45, 7) is 16.5. The van der Waals surface area contributed by atoms with E-state index in [1.54, 1.807) is 0 Å². The van der Waals surface area contributed by atoms with Gasteiger partial charge in [0.1, 0.15) is 5.52 Å². The van der Waals surface area contributed by atoms with Gasteiger partial charge in [0, 0.05) is 16.7 Å². The average Bonchev–Trinajstić information content (AvgIpc) is 2.68. The van der Waals surface area contributed by atoms with Crippen molar-refractivity contribution >= 4 is 34.7 Å². The number of benzene rings is 2. The van der Waals surface area contributed by atoms with Crippen molar-refractivity contribution < 1.29 is 4.57 Å². The van der Waals surface area contributed by atoms with Gasteiger partial charge in [0.25, 0.3) is 5.82 Å². The second-order valence-corrected chi connectivity index (χ2v) is 10.0. The highest BCUT2D eigenvalue weighted by Crippen LogP contribution is 2.35. The second kappa shape index (κ2) is 7.30. The summed E-state index contributed by atoms with van der Waals surface area (Å²) in [6.07, 6.45) is 0. The molecule has 0 saturated heterocycles. The second-order valence-electron chi connectivity index (χ2n) is 10.0. The number of nitrogens with zero attached hydrogens (tertiary/aromatic N) is 2. The molecule has 0 N–H and O–H groups in total. The van der Waals surface area contributed by atoms with E-state index >= 15 is 0 Å². The quantitative estimate of drug-likeness (QED) is 0.445. The van der Waals surface area contributed by atoms with Crippen LogP contribution in [0.15, 0.2) is 54.6 Å². The molecule has 1 aliphatic rings. The van der Waals surface area contributed by atoms with E-state index in [1.165, 1.54) is 43.9 Å². The molecule has 1 aromatic heterocycles. The number of rotatable bonds is 2. The zero-order valence-corrected chi connectivity index (χ0v) is 19.7. The van der Waals surface area contributed by atoms with Crippen LogP contribution < -0.4 is 19.8 Å². The predicted molar refractivity (Wildman–Crippen MR) is 131 cm³/mol. The highest BCUT2D eigenvalue weighted by Gasteiger charge is 2.42. The minimum Gasteiger partial charge on any atom is -0.290 e. The molecular weight excluding hydrogens is 363 g/mol. The van der Waals surface area contributed by atoms with E-state index < -0.39 is 0 Å². The Bertz CT molecular complexity index is 1250. The van der Waals surface area contributed by atoms with E-state index in [1.807, 2.05) is 0 Å². The lowest BCUT2D eigenvalue weighted by atomic mass is 9.47. The predicted octanol–water partition coefficient (Wildman–Crippen LogP) is 4.79. The molecule has 2 aromatic carbocycles. The minimum atomic E-state index is 0.0881. The van der Waals surface area contributed by atoms with Crippen molar-refractivity contribution in [3.8, 4) is 0 Å². The van der Waals surface area contributed by atoms with Gasteiger partial charge in [-0.15, -0.1) is 0 Å². The van der Waals surface area contributed by atoms with Crippen LogP contribution in [0, 0.1) is 5.41 Å². The third kappa shape index (κ3) is 3.16. The van der Waals surface area contributed by atoms with Crippen LogP contribution in [0.25, 0.3) is 22.1 Å². The smallest absolute Gasteiger partial charge is 0.290 e. The van der Waals surface area contributed by atoms with Gasteiger partial charge in [0.05, 0.1) is 12.7 Å². The fourth-order valence-corrected chi connectivity index (χ4v) is 5.36. The average molecular weight is 397 g/mol. The Morgan fingerprint density at radius 1 is 0.933 bits per heavy atom. The Balaban J connectivity index is 2.09. The van der Waals surface area contributed by atoms with Crippen molar-refractivity contribution in [1.29, 1.82) is 0 Å². The lowest BCUT2D eigenvalue weighted by Gasteiger charge is -2.34. The van der Waals surface area contributed by atoms with Crippen molar-refractivity contribution in [2.45, 2.75) is 54.3 Å². The van der Waals surface area contributed by atoms with Gasteiger partial charge in [-0.1, -0.05) is 77.1 Å². The maximum atomic E-state index is 2.56. The number of hydrogen-bond donors (Lipinski definition) is 0. The molecule has 0 aliphatic carbocycles. The van der Waals surface area contributed by atoms with E-state index in [0.29, 0.717) is 5.92 Å². The molecule has 0 fully saturated rings. The maximum absolute atomic E-state index is 2.56. The van der Waals surface area contributed by atoms with Crippen molar-refractivity contribution in [1.82, 2.24) is 0 Å². The van der Waals surface area contributed by atoms with Crippen LogP contribution in [-0.2, 0) is 7.05 Å². The number of para-hydroxylation sites is 1. The monoisotopic (exact) mass is 397 g/mol. The Kier molecular flexibility index (Phi) is 5.04. The lowest BCUT2D eigenvalue weighted by molar-refractivity contribution is -0.631. The van der Waals surface area contributed by atoms with Crippen molar-refractivity contribution in [3.05, 3.63) is 70.6 Å². The van der Waals surface area contributed by atoms with Gasteiger partial charge in [0.15, 0.2) is 0 Å². The fourth-order valence-electron chi connectivity index (χ4n) is 5.36. The lowest BCUT2D eigenvalue weighted by Crippen LogP contribution is -2.55. The molecule has 2 heterocycles. The van der Waals surface area contributed by atoms with Crippen LogP contribution >= 0.6 is 0 Å². The summed E-state index contributed by atoms with van der Waals surface area (Å²) in [5, 5.41) is 4.10. The molecule has 0 spiro atoms. The molecule has 2 nitrogen and oxygen atoms in total. The van der Waals surface area contributed by atoms with Gasteiger partial charge in [-0.25, -0.2) is 4.57 Å². The zero-order valence-electron chi connectivity index (χ0n) is 19.7. The topological polar surface area (TPSA) is 7.12 Å². The summed E-state index contributed by atoms with van der Waals surface area (Å²) in [4.78, 5) is 2.56. The molecule has 0 bridgehead atoms. The summed E-state index contributed by atoms with van der Waals surface area (Å²) in [7, 11) is 2.21. The van der Waals surface area contributed by atoms with Crippen LogP contribution in [0.4, 0.5) is 5.82 Å². The van der Waals surface area contributed by atoms with Crippen LogP contribution in [0.1, 0.15) is 53.0 Å². The summed E-state index contributed by atoms with van der Waals surface area (Å²) in [6, 6.07) is 20.1. The summed E-state index contributed by atoms with van der Waals surface area (Å²) < 4.78 is 2.37. The van der Waals surface area contributed by atoms with Gasteiger partial charge in [-0.2, -0.15) is 0 Å². The van der Waals surface area contributed by atoms with E-state index in [2.05, 4.69) is 119 Å². The number of hydrogen-bond acceptors (Lipinski definition) is 1. The van der Waals surface area contributed by atoms with Gasteiger partial charge in [-0.3, -0.25) is 4.81 Å². The standard InChI is InChI=1S/C27H34BN2/c1-18(2)23-17-25(29(8)24-16-12-11-14-21(23)24)30-19(3)20-13-9-10-15-22(20)26(28(30)7)27(4,5)6/h9-18H,1-8H3/q+1. The molecule has 3 heteroatoms. The number of anilines is 1. The van der Waals surface area contributed by atoms with Crippen LogP contribution in [0.2, 0.25) is 6.82 Å². The minimum absolute atomic E-state index is 0.0881. The third-order valence-corrected chi connectivity index (χ3v) is 6.65. The first-order valence-electron chi connectivity index (χ1n) is 11.1. The van der Waals surface area contributed by atoms with Crippen LogP contribution in [0.3, 0.4) is 0 Å². The first kappa shape index (κ1) is 20.7. The number of pyridine rings is 1. The van der Waals surface area contributed by atoms with E-state index in [4.69, 9.17) is 0 Å². The number of aromatic nitrogens is 1. The van der Waals surface area contributed by atoms with Crippen molar-refractivity contribution in [2.75, 3.05) is 4.81 Å². The molecular formula is C27H34BN2+. The molecule has 3 aromatic rings. The molecule has 0 atom stereocenters. The first-order valence-corrected chi connectivity index (χ1v) is 11.1. The molecule has 0 unspecified atom stereocenters. The summed E-state index contributed by atoms with van der Waals surface area (Å²) in [5.41, 5.74) is 5.62. The van der Waals surface area contributed by atoms with Gasteiger partial charge < -0.3 is 0 Å². The van der Waals surface area contributed by atoms with Crippen molar-refractivity contribution in [2.24, 2.45) is 12.5 Å². The van der Waals surface area contributed by atoms with Gasteiger partial charge >= 0.3 is 6.85 Å². The maximum Gasteiger partial charge on any atom is 0.406 e. The van der Waals surface area contributed by atoms with Gasteiger partial charge in [-0.05, 0) is 47.4 Å². The zero-order chi connectivity index (χ0) is 21.8. The van der Waals surface area contributed by atoms with Crippen LogP contribution in [-0.4, -0.2) is 6.85 Å². The Morgan fingerprint density at radius 3 is 2.17 bits per heavy atom. The molecule has 30 heavy (non-hydrogen) atoms. The normalized spacial score (nSPS) is 14.7. The SMILES string of the molecule is CB1C(C(C)(C)C)=c2ccccc2=C(C)N1c1cc(C(C)C)c2ccccc2[n+]1C. The molecule has 0 amide bonds. The van der Waals surface area contributed by atoms with Gasteiger partial charge in [0.2, 0.25) is 0 Å². The summed E-state index contributed by atoms with van der Waals surface area (Å²) in [5.74, 6) is 1.73. The largest absolute Gasteiger partial charge is 0.406 e. The Hall–Kier alpha value is -2.55. The Labute approximate surface area is 181 Å². The first-order chi connectivity index (χ1) is 14.1.